The Bertz CT molecular complexity index is 1340. The van der Waals surface area contributed by atoms with Crippen molar-refractivity contribution in [3.63, 3.8) is 0 Å². The molecule has 2 saturated heterocycles. The lowest BCUT2D eigenvalue weighted by atomic mass is 9.32. The highest BCUT2D eigenvalue weighted by Gasteiger charge is 2.71. The van der Waals surface area contributed by atoms with E-state index in [4.69, 9.17) is 4.74 Å². The molecule has 1 amide bonds. The Hall–Kier alpha value is -1.43. The monoisotopic (exact) mass is 679 g/mol. The van der Waals surface area contributed by atoms with Crippen LogP contribution < -0.4 is 0 Å². The van der Waals surface area contributed by atoms with E-state index in [1.807, 2.05) is 13.8 Å². The van der Waals surface area contributed by atoms with Gasteiger partial charge < -0.3 is 14.4 Å². The van der Waals surface area contributed by atoms with Gasteiger partial charge >= 0.3 is 5.97 Å². The van der Waals surface area contributed by atoms with Crippen molar-refractivity contribution in [1.82, 2.24) is 9.80 Å². The standard InChI is InChI=1S/C43H70N2O4/c1-27(2)30-13-18-43(22-35(47)45-25-28-21-29(45)24-44(28)10)20-19-41(8)31(37(30)43)11-12-33-40(7)16-15-34(49-36(48)23-38(3,4)26-46)39(5,6)32(40)14-17-42(33,41)9/h26-34,37H,11-25H2,1-10H3/t28?,29?,30?,31-,32+,33-,34?,37-,40+,41-,42-,43-/m1/s1. The average Bonchev–Trinajstić information content (AvgIpc) is 3.71. The van der Waals surface area contributed by atoms with Gasteiger partial charge in [0.2, 0.25) is 5.91 Å². The topological polar surface area (TPSA) is 66.9 Å². The smallest absolute Gasteiger partial charge is 0.307 e. The van der Waals surface area contributed by atoms with Gasteiger partial charge in [-0.25, -0.2) is 0 Å². The van der Waals surface area contributed by atoms with Gasteiger partial charge in [0, 0.05) is 42.4 Å². The molecule has 2 heterocycles. The molecule has 12 atom stereocenters. The van der Waals surface area contributed by atoms with Gasteiger partial charge in [0.15, 0.2) is 0 Å². The van der Waals surface area contributed by atoms with Crippen molar-refractivity contribution >= 4 is 18.2 Å². The summed E-state index contributed by atoms with van der Waals surface area (Å²) in [5, 5.41) is 0. The highest BCUT2D eigenvalue weighted by atomic mass is 16.5. The summed E-state index contributed by atoms with van der Waals surface area (Å²) in [7, 11) is 2.23. The molecule has 0 radical (unpaired) electrons. The molecule has 2 aliphatic heterocycles. The number of amides is 1. The molecule has 49 heavy (non-hydrogen) atoms. The lowest BCUT2D eigenvalue weighted by molar-refractivity contribution is -0.252. The van der Waals surface area contributed by atoms with Crippen molar-refractivity contribution in [2.75, 3.05) is 20.1 Å². The van der Waals surface area contributed by atoms with E-state index in [1.165, 1.54) is 57.8 Å². The number of likely N-dealkylation sites (N-methyl/N-ethyl adjacent to an activating group) is 1. The summed E-state index contributed by atoms with van der Waals surface area (Å²) >= 11 is 0. The Morgan fingerprint density at radius 2 is 1.59 bits per heavy atom. The summed E-state index contributed by atoms with van der Waals surface area (Å²) < 4.78 is 6.26. The number of piperazine rings is 1. The number of esters is 1. The van der Waals surface area contributed by atoms with Gasteiger partial charge in [0.25, 0.3) is 0 Å². The van der Waals surface area contributed by atoms with E-state index in [0.717, 1.165) is 44.6 Å². The van der Waals surface area contributed by atoms with E-state index < -0.39 is 5.41 Å². The second-order valence-corrected chi connectivity index (χ2v) is 21.3. The average molecular weight is 679 g/mol. The van der Waals surface area contributed by atoms with Gasteiger partial charge in [0.1, 0.15) is 12.4 Å². The summed E-state index contributed by atoms with van der Waals surface area (Å²) in [5.74, 6) is 4.15. The molecule has 6 nitrogen and oxygen atoms in total. The molecule has 7 rings (SSSR count). The molecule has 5 saturated carbocycles. The molecule has 0 aromatic heterocycles. The first-order chi connectivity index (χ1) is 22.8. The third kappa shape index (κ3) is 5.26. The van der Waals surface area contributed by atoms with Crippen LogP contribution in [0.3, 0.4) is 0 Å². The number of carbonyl (C=O) groups excluding carboxylic acids is 3. The second-order valence-electron chi connectivity index (χ2n) is 21.3. The molecule has 0 N–H and O–H groups in total. The zero-order valence-electron chi connectivity index (χ0n) is 32.9. The predicted octanol–water partition coefficient (Wildman–Crippen LogP) is 8.56. The minimum absolute atomic E-state index is 0.0962. The van der Waals surface area contributed by atoms with E-state index in [0.29, 0.717) is 47.6 Å². The largest absolute Gasteiger partial charge is 0.462 e. The third-order valence-electron chi connectivity index (χ3n) is 18.0. The zero-order valence-corrected chi connectivity index (χ0v) is 32.9. The Kier molecular flexibility index (Phi) is 8.65. The SMILES string of the molecule is CC(C)C1CC[C@]2(CC(=O)N3CC4CC3CN4C)CC[C@]3(C)[C@H](CC[C@@H]4[C@@]5(C)CCC(OC(=O)CC(C)(C)C=O)C(C)(C)[C@@H]5CC[C@]43C)[C@@H]12. The van der Waals surface area contributed by atoms with Crippen LogP contribution >= 0.6 is 0 Å². The van der Waals surface area contributed by atoms with Crippen LogP contribution in [0.15, 0.2) is 0 Å². The lowest BCUT2D eigenvalue weighted by Gasteiger charge is -2.73. The summed E-state index contributed by atoms with van der Waals surface area (Å²) in [6, 6.07) is 1.00. The van der Waals surface area contributed by atoms with Crippen LogP contribution in [0.5, 0.6) is 0 Å². The van der Waals surface area contributed by atoms with Crippen LogP contribution in [0.1, 0.15) is 146 Å². The normalized spacial score (nSPS) is 47.3. The Labute approximate surface area is 298 Å². The van der Waals surface area contributed by atoms with Gasteiger partial charge in [-0.2, -0.15) is 0 Å². The number of ether oxygens (including phenoxy) is 1. The number of hydrogen-bond acceptors (Lipinski definition) is 5. The molecule has 2 bridgehead atoms. The fourth-order valence-electron chi connectivity index (χ4n) is 15.2. The van der Waals surface area contributed by atoms with E-state index in [9.17, 15) is 14.4 Å². The number of hydrogen-bond donors (Lipinski definition) is 0. The first-order valence-corrected chi connectivity index (χ1v) is 20.5. The van der Waals surface area contributed by atoms with Crippen LogP contribution in [0.4, 0.5) is 0 Å². The fourth-order valence-corrected chi connectivity index (χ4v) is 15.2. The van der Waals surface area contributed by atoms with Crippen LogP contribution in [0.2, 0.25) is 0 Å². The molecular formula is C43H70N2O4. The molecule has 6 heteroatoms. The maximum absolute atomic E-state index is 14.3. The fraction of sp³-hybridized carbons (Fsp3) is 0.930. The van der Waals surface area contributed by atoms with Gasteiger partial charge in [-0.15, -0.1) is 0 Å². The first kappa shape index (κ1) is 36.0. The van der Waals surface area contributed by atoms with Gasteiger partial charge in [-0.3, -0.25) is 14.5 Å². The molecule has 276 valence electrons. The maximum atomic E-state index is 14.3. The molecule has 0 spiro atoms. The number of fused-ring (bicyclic) bond motifs is 9. The van der Waals surface area contributed by atoms with Crippen molar-refractivity contribution in [1.29, 1.82) is 0 Å². The first-order valence-electron chi connectivity index (χ1n) is 20.5. The van der Waals surface area contributed by atoms with E-state index in [1.54, 1.807) is 0 Å². The van der Waals surface area contributed by atoms with Crippen molar-refractivity contribution in [3.05, 3.63) is 0 Å². The van der Waals surface area contributed by atoms with Crippen molar-refractivity contribution < 1.29 is 19.1 Å². The van der Waals surface area contributed by atoms with Gasteiger partial charge in [0.05, 0.1) is 6.42 Å². The van der Waals surface area contributed by atoms with Crippen molar-refractivity contribution in [2.45, 2.75) is 164 Å². The van der Waals surface area contributed by atoms with Gasteiger partial charge in [-0.05, 0) is 135 Å². The van der Waals surface area contributed by atoms with E-state index >= 15 is 0 Å². The minimum Gasteiger partial charge on any atom is -0.462 e. The number of carbonyl (C=O) groups is 3. The molecule has 5 aliphatic carbocycles. The quantitative estimate of drug-likeness (QED) is 0.199. The Morgan fingerprint density at radius 1 is 0.857 bits per heavy atom. The highest BCUT2D eigenvalue weighted by Crippen LogP contribution is 2.78. The van der Waals surface area contributed by atoms with E-state index in [2.05, 4.69) is 65.3 Å². The van der Waals surface area contributed by atoms with Crippen LogP contribution in [0, 0.1) is 68.0 Å². The predicted molar refractivity (Wildman–Crippen MR) is 194 cm³/mol. The molecule has 0 aromatic rings. The third-order valence-corrected chi connectivity index (χ3v) is 18.0. The molecular weight excluding hydrogens is 608 g/mol. The van der Waals surface area contributed by atoms with Crippen LogP contribution in [0.25, 0.3) is 0 Å². The summed E-state index contributed by atoms with van der Waals surface area (Å²) in [6.45, 7) is 23.4. The summed E-state index contributed by atoms with van der Waals surface area (Å²) in [5.41, 5.74) is 0.156. The summed E-state index contributed by atoms with van der Waals surface area (Å²) in [4.78, 5) is 43.6. The number of nitrogens with zero attached hydrogens (tertiary/aromatic N) is 2. The minimum atomic E-state index is -0.686. The number of likely N-dealkylation sites (tertiary alicyclic amines) is 2. The molecule has 7 aliphatic rings. The Morgan fingerprint density at radius 3 is 2.22 bits per heavy atom. The molecule has 4 unspecified atom stereocenters. The lowest BCUT2D eigenvalue weighted by Crippen LogP contribution is -2.67. The van der Waals surface area contributed by atoms with Gasteiger partial charge in [-0.1, -0.05) is 62.3 Å². The number of rotatable bonds is 7. The van der Waals surface area contributed by atoms with Crippen molar-refractivity contribution in [2.24, 2.45) is 68.0 Å². The zero-order chi connectivity index (χ0) is 35.5. The maximum Gasteiger partial charge on any atom is 0.307 e. The second kappa shape index (κ2) is 11.8. The Balaban J connectivity index is 1.13. The highest BCUT2D eigenvalue weighted by molar-refractivity contribution is 5.78. The van der Waals surface area contributed by atoms with Crippen LogP contribution in [-0.4, -0.2) is 66.3 Å². The number of aldehydes is 1. The van der Waals surface area contributed by atoms with Crippen molar-refractivity contribution in [3.8, 4) is 0 Å². The van der Waals surface area contributed by atoms with Crippen LogP contribution in [-0.2, 0) is 19.1 Å². The molecule has 0 aromatic carbocycles. The molecule has 7 fully saturated rings. The summed E-state index contributed by atoms with van der Waals surface area (Å²) in [6.07, 6.45) is 15.0. The van der Waals surface area contributed by atoms with E-state index in [-0.39, 0.29) is 45.6 Å².